The number of esters is 1. The van der Waals surface area contributed by atoms with Crippen molar-refractivity contribution >= 4 is 28.2 Å². The third-order valence-corrected chi connectivity index (χ3v) is 4.34. The number of hydrogen-bond donors (Lipinski definition) is 1. The second-order valence-electron chi connectivity index (χ2n) is 4.63. The lowest BCUT2D eigenvalue weighted by Crippen LogP contribution is -2.26. The van der Waals surface area contributed by atoms with Crippen LogP contribution in [-0.2, 0) is 9.53 Å². The lowest BCUT2D eigenvalue weighted by Gasteiger charge is -2.16. The van der Waals surface area contributed by atoms with E-state index < -0.39 is 0 Å². The fourth-order valence-electron chi connectivity index (χ4n) is 2.22. The van der Waals surface area contributed by atoms with Crippen LogP contribution in [0.3, 0.4) is 0 Å². The first-order valence-corrected chi connectivity index (χ1v) is 7.22. The van der Waals surface area contributed by atoms with Gasteiger partial charge in [-0.3, -0.25) is 4.79 Å². The maximum Gasteiger partial charge on any atom is 0.341 e. The maximum atomic E-state index is 12.0. The van der Waals surface area contributed by atoms with Crippen molar-refractivity contribution in [1.82, 2.24) is 0 Å². The molecule has 2 rings (SSSR count). The number of aryl methyl sites for hydroxylation is 1. The second-order valence-corrected chi connectivity index (χ2v) is 5.49. The largest absolute Gasteiger partial charge is 0.462 e. The molecular weight excluding hydrogens is 264 g/mol. The SMILES string of the molecule is CCOC(=O)c1c(C)csc1N1CC(CN)CC1=O. The van der Waals surface area contributed by atoms with Gasteiger partial charge in [-0.2, -0.15) is 0 Å². The summed E-state index contributed by atoms with van der Waals surface area (Å²) < 4.78 is 5.06. The Bertz CT molecular complexity index is 498. The van der Waals surface area contributed by atoms with E-state index in [1.165, 1.54) is 11.3 Å². The monoisotopic (exact) mass is 282 g/mol. The van der Waals surface area contributed by atoms with Crippen LogP contribution < -0.4 is 10.6 Å². The van der Waals surface area contributed by atoms with Crippen LogP contribution in [0.5, 0.6) is 0 Å². The Kier molecular flexibility index (Phi) is 4.21. The first kappa shape index (κ1) is 14.0. The molecule has 0 saturated carbocycles. The zero-order valence-electron chi connectivity index (χ0n) is 11.1. The highest BCUT2D eigenvalue weighted by atomic mass is 32.1. The van der Waals surface area contributed by atoms with Gasteiger partial charge >= 0.3 is 5.97 Å². The van der Waals surface area contributed by atoms with Gasteiger partial charge in [0.05, 0.1) is 12.2 Å². The highest BCUT2D eigenvalue weighted by Crippen LogP contribution is 2.35. The Labute approximate surface area is 116 Å². The van der Waals surface area contributed by atoms with Gasteiger partial charge in [0.1, 0.15) is 5.00 Å². The molecule has 1 unspecified atom stereocenters. The molecule has 0 aromatic carbocycles. The van der Waals surface area contributed by atoms with Crippen molar-refractivity contribution in [2.75, 3.05) is 24.6 Å². The van der Waals surface area contributed by atoms with Crippen LogP contribution in [0.25, 0.3) is 0 Å². The van der Waals surface area contributed by atoms with Gasteiger partial charge in [0, 0.05) is 13.0 Å². The number of rotatable bonds is 4. The van der Waals surface area contributed by atoms with Crippen LogP contribution in [-0.4, -0.2) is 31.6 Å². The summed E-state index contributed by atoms with van der Waals surface area (Å²) in [6, 6.07) is 0. The summed E-state index contributed by atoms with van der Waals surface area (Å²) in [5.41, 5.74) is 6.98. The molecule has 1 aromatic rings. The van der Waals surface area contributed by atoms with Gasteiger partial charge in [-0.05, 0) is 37.3 Å². The summed E-state index contributed by atoms with van der Waals surface area (Å²) in [7, 11) is 0. The molecule has 5 nitrogen and oxygen atoms in total. The molecule has 0 aliphatic carbocycles. The Hall–Kier alpha value is -1.40. The smallest absolute Gasteiger partial charge is 0.341 e. The lowest BCUT2D eigenvalue weighted by molar-refractivity contribution is -0.117. The molecule has 19 heavy (non-hydrogen) atoms. The van der Waals surface area contributed by atoms with Crippen LogP contribution in [0.1, 0.15) is 29.3 Å². The number of nitrogens with two attached hydrogens (primary N) is 1. The molecule has 2 heterocycles. The molecule has 1 amide bonds. The summed E-state index contributed by atoms with van der Waals surface area (Å²) in [4.78, 5) is 25.7. The van der Waals surface area contributed by atoms with Gasteiger partial charge in [0.25, 0.3) is 0 Å². The Morgan fingerprint density at radius 3 is 2.95 bits per heavy atom. The molecule has 1 fully saturated rings. The van der Waals surface area contributed by atoms with Gasteiger partial charge in [-0.15, -0.1) is 11.3 Å². The minimum atomic E-state index is -0.361. The Balaban J connectivity index is 2.31. The molecule has 6 heteroatoms. The number of carbonyl (C=O) groups is 2. The molecule has 0 bridgehead atoms. The van der Waals surface area contributed by atoms with E-state index in [1.807, 2.05) is 12.3 Å². The zero-order valence-corrected chi connectivity index (χ0v) is 12.0. The molecule has 0 radical (unpaired) electrons. The van der Waals surface area contributed by atoms with Gasteiger partial charge in [0.2, 0.25) is 5.91 Å². The van der Waals surface area contributed by atoms with E-state index in [0.29, 0.717) is 36.7 Å². The van der Waals surface area contributed by atoms with Crippen LogP contribution in [0.4, 0.5) is 5.00 Å². The fraction of sp³-hybridized carbons (Fsp3) is 0.538. The van der Waals surface area contributed by atoms with E-state index in [2.05, 4.69) is 0 Å². The molecule has 1 aliphatic heterocycles. The summed E-state index contributed by atoms with van der Waals surface area (Å²) in [6.45, 7) is 5.02. The van der Waals surface area contributed by atoms with Crippen molar-refractivity contribution in [3.05, 3.63) is 16.5 Å². The molecule has 0 spiro atoms. The number of ether oxygens (including phenoxy) is 1. The predicted molar refractivity (Wildman–Crippen MR) is 74.5 cm³/mol. The molecule has 1 saturated heterocycles. The fourth-order valence-corrected chi connectivity index (χ4v) is 3.29. The summed E-state index contributed by atoms with van der Waals surface area (Å²) in [5, 5.41) is 2.57. The topological polar surface area (TPSA) is 72.6 Å². The predicted octanol–water partition coefficient (Wildman–Crippen LogP) is 1.54. The normalized spacial score (nSPS) is 19.0. The van der Waals surface area contributed by atoms with E-state index in [9.17, 15) is 9.59 Å². The van der Waals surface area contributed by atoms with Crippen LogP contribution in [0.2, 0.25) is 0 Å². The quantitative estimate of drug-likeness (QED) is 0.850. The molecule has 1 atom stereocenters. The van der Waals surface area contributed by atoms with E-state index >= 15 is 0 Å². The summed E-state index contributed by atoms with van der Waals surface area (Å²) in [5.74, 6) is -0.159. The molecule has 1 aliphatic rings. The van der Waals surface area contributed by atoms with E-state index in [0.717, 1.165) is 5.56 Å². The van der Waals surface area contributed by atoms with Gasteiger partial charge < -0.3 is 15.4 Å². The van der Waals surface area contributed by atoms with E-state index in [-0.39, 0.29) is 17.8 Å². The van der Waals surface area contributed by atoms with Crippen LogP contribution in [0.15, 0.2) is 5.38 Å². The number of nitrogens with zero attached hydrogens (tertiary/aromatic N) is 1. The molecule has 1 aromatic heterocycles. The van der Waals surface area contributed by atoms with Crippen molar-refractivity contribution in [3.63, 3.8) is 0 Å². The summed E-state index contributed by atoms with van der Waals surface area (Å²) in [6.07, 6.45) is 0.454. The standard InChI is InChI=1S/C13H18N2O3S/c1-3-18-13(17)11-8(2)7-19-12(11)15-6-9(5-14)4-10(15)16/h7,9H,3-6,14H2,1-2H3. The third kappa shape index (κ3) is 2.64. The highest BCUT2D eigenvalue weighted by molar-refractivity contribution is 7.15. The average Bonchev–Trinajstić information content (AvgIpc) is 2.92. The first-order valence-electron chi connectivity index (χ1n) is 6.34. The van der Waals surface area contributed by atoms with Crippen molar-refractivity contribution in [3.8, 4) is 0 Å². The van der Waals surface area contributed by atoms with E-state index in [4.69, 9.17) is 10.5 Å². The van der Waals surface area contributed by atoms with Crippen molar-refractivity contribution < 1.29 is 14.3 Å². The minimum absolute atomic E-state index is 0.0304. The second kappa shape index (κ2) is 5.71. The average molecular weight is 282 g/mol. The van der Waals surface area contributed by atoms with Crippen molar-refractivity contribution in [2.24, 2.45) is 11.7 Å². The van der Waals surface area contributed by atoms with Crippen LogP contribution >= 0.6 is 11.3 Å². The Morgan fingerprint density at radius 1 is 1.63 bits per heavy atom. The lowest BCUT2D eigenvalue weighted by atomic mass is 10.1. The molecule has 2 N–H and O–H groups in total. The summed E-state index contributed by atoms with van der Waals surface area (Å²) >= 11 is 1.41. The van der Waals surface area contributed by atoms with Gasteiger partial charge in [-0.1, -0.05) is 0 Å². The highest BCUT2D eigenvalue weighted by Gasteiger charge is 2.33. The minimum Gasteiger partial charge on any atom is -0.462 e. The molecule has 104 valence electrons. The number of carbonyl (C=O) groups excluding carboxylic acids is 2. The number of thiophene rings is 1. The van der Waals surface area contributed by atoms with Crippen molar-refractivity contribution in [2.45, 2.75) is 20.3 Å². The number of hydrogen-bond acceptors (Lipinski definition) is 5. The van der Waals surface area contributed by atoms with Gasteiger partial charge in [-0.25, -0.2) is 4.79 Å². The van der Waals surface area contributed by atoms with Crippen molar-refractivity contribution in [1.29, 1.82) is 0 Å². The number of anilines is 1. The first-order chi connectivity index (χ1) is 9.08. The third-order valence-electron chi connectivity index (χ3n) is 3.22. The zero-order chi connectivity index (χ0) is 14.0. The van der Waals surface area contributed by atoms with Gasteiger partial charge in [0.15, 0.2) is 0 Å². The molecular formula is C13H18N2O3S. The van der Waals surface area contributed by atoms with Crippen LogP contribution in [0, 0.1) is 12.8 Å². The number of amides is 1. The van der Waals surface area contributed by atoms with E-state index in [1.54, 1.807) is 11.8 Å². The Morgan fingerprint density at radius 2 is 2.37 bits per heavy atom. The maximum absolute atomic E-state index is 12.0.